The minimum absolute atomic E-state index is 0.0640. The number of carbonyl (C=O) groups excluding carboxylic acids is 1. The van der Waals surface area contributed by atoms with Crippen LogP contribution in [-0.2, 0) is 16.8 Å². The second-order valence-electron chi connectivity index (χ2n) is 7.79. The fraction of sp³-hybridized carbons (Fsp3) is 0.722. The van der Waals surface area contributed by atoms with Crippen molar-refractivity contribution >= 4 is 23.2 Å². The summed E-state index contributed by atoms with van der Waals surface area (Å²) >= 11 is 1.66. The minimum atomic E-state index is 0.0640. The van der Waals surface area contributed by atoms with Gasteiger partial charge in [0.2, 0.25) is 5.91 Å². The summed E-state index contributed by atoms with van der Waals surface area (Å²) < 4.78 is 0. The summed E-state index contributed by atoms with van der Waals surface area (Å²) in [6.45, 7) is 12.0. The van der Waals surface area contributed by atoms with E-state index >= 15 is 0 Å². The van der Waals surface area contributed by atoms with Crippen LogP contribution in [0.3, 0.4) is 0 Å². The number of carbonyl (C=O) groups is 1. The van der Waals surface area contributed by atoms with Crippen LogP contribution in [0, 0.1) is 0 Å². The molecule has 2 aliphatic rings. The molecular formula is C18H29N5OS. The first-order valence-electron chi connectivity index (χ1n) is 9.16. The Kier molecular flexibility index (Phi) is 5.32. The smallest absolute Gasteiger partial charge is 0.242 e. The Bertz CT molecular complexity index is 644. The van der Waals surface area contributed by atoms with Crippen molar-refractivity contribution in [3.05, 3.63) is 16.1 Å². The molecule has 0 bridgehead atoms. The van der Waals surface area contributed by atoms with E-state index in [1.54, 1.807) is 11.3 Å². The van der Waals surface area contributed by atoms with E-state index in [0.29, 0.717) is 19.1 Å². The number of piperazine rings is 1. The van der Waals surface area contributed by atoms with Crippen molar-refractivity contribution in [3.63, 3.8) is 0 Å². The van der Waals surface area contributed by atoms with Crippen molar-refractivity contribution in [1.29, 1.82) is 0 Å². The third-order valence-electron chi connectivity index (χ3n) is 4.56. The van der Waals surface area contributed by atoms with Crippen LogP contribution in [0.2, 0.25) is 0 Å². The van der Waals surface area contributed by atoms with Crippen molar-refractivity contribution in [1.82, 2.24) is 20.1 Å². The van der Waals surface area contributed by atoms with E-state index in [1.807, 2.05) is 4.90 Å². The van der Waals surface area contributed by atoms with E-state index in [1.165, 1.54) is 12.8 Å². The minimum Gasteiger partial charge on any atom is -0.356 e. The molecule has 1 aromatic rings. The normalized spacial score (nSPS) is 19.5. The van der Waals surface area contributed by atoms with Crippen molar-refractivity contribution in [2.24, 2.45) is 4.99 Å². The summed E-state index contributed by atoms with van der Waals surface area (Å²) in [5.41, 5.74) is 1.18. The average Bonchev–Trinajstić information content (AvgIpc) is 3.27. The lowest BCUT2D eigenvalue weighted by molar-refractivity contribution is -0.135. The van der Waals surface area contributed by atoms with E-state index < -0.39 is 0 Å². The molecule has 0 radical (unpaired) electrons. The molecule has 1 N–H and O–H groups in total. The summed E-state index contributed by atoms with van der Waals surface area (Å²) in [6, 6.07) is 0.500. The molecule has 25 heavy (non-hydrogen) atoms. The zero-order chi connectivity index (χ0) is 18.0. The SMILES string of the molecule is CCNC(=NCc1nc(C(C)(C)C)cs1)N1CCN(C2CC2)C(=O)C1. The highest BCUT2D eigenvalue weighted by Crippen LogP contribution is 2.28. The van der Waals surface area contributed by atoms with Gasteiger partial charge in [0, 0.05) is 36.5 Å². The predicted molar refractivity (Wildman–Crippen MR) is 102 cm³/mol. The van der Waals surface area contributed by atoms with Crippen LogP contribution in [0.1, 0.15) is 51.2 Å². The number of hydrogen-bond donors (Lipinski definition) is 1. The monoisotopic (exact) mass is 363 g/mol. The molecule has 3 rings (SSSR count). The second-order valence-corrected chi connectivity index (χ2v) is 8.73. The molecule has 1 aromatic heterocycles. The highest BCUT2D eigenvalue weighted by molar-refractivity contribution is 7.09. The molecule has 1 aliphatic heterocycles. The molecular weight excluding hydrogens is 334 g/mol. The highest BCUT2D eigenvalue weighted by Gasteiger charge is 2.36. The fourth-order valence-corrected chi connectivity index (χ4v) is 3.88. The molecule has 6 nitrogen and oxygen atoms in total. The number of amides is 1. The van der Waals surface area contributed by atoms with Crippen molar-refractivity contribution in [2.75, 3.05) is 26.2 Å². The topological polar surface area (TPSA) is 60.8 Å². The van der Waals surface area contributed by atoms with Crippen molar-refractivity contribution in [3.8, 4) is 0 Å². The maximum Gasteiger partial charge on any atom is 0.242 e. The van der Waals surface area contributed by atoms with Gasteiger partial charge in [0.15, 0.2) is 5.96 Å². The van der Waals surface area contributed by atoms with Crippen LogP contribution in [0.25, 0.3) is 0 Å². The molecule has 1 aliphatic carbocycles. The third-order valence-corrected chi connectivity index (χ3v) is 5.40. The molecule has 1 saturated heterocycles. The van der Waals surface area contributed by atoms with Gasteiger partial charge in [0.25, 0.3) is 0 Å². The number of rotatable bonds is 4. The third kappa shape index (κ3) is 4.51. The van der Waals surface area contributed by atoms with Gasteiger partial charge < -0.3 is 15.1 Å². The summed E-state index contributed by atoms with van der Waals surface area (Å²) in [6.07, 6.45) is 2.33. The van der Waals surface area contributed by atoms with Gasteiger partial charge in [-0.15, -0.1) is 11.3 Å². The molecule has 1 amide bonds. The molecule has 0 aromatic carbocycles. The van der Waals surface area contributed by atoms with Gasteiger partial charge in [-0.2, -0.15) is 0 Å². The van der Waals surface area contributed by atoms with Gasteiger partial charge in [0.1, 0.15) is 5.01 Å². The number of nitrogens with zero attached hydrogens (tertiary/aromatic N) is 4. The highest BCUT2D eigenvalue weighted by atomic mass is 32.1. The largest absolute Gasteiger partial charge is 0.356 e. The second kappa shape index (κ2) is 7.32. The average molecular weight is 364 g/mol. The van der Waals surface area contributed by atoms with Gasteiger partial charge >= 0.3 is 0 Å². The number of aromatic nitrogens is 1. The Labute approximate surface area is 154 Å². The van der Waals surface area contributed by atoms with E-state index in [-0.39, 0.29) is 11.3 Å². The Morgan fingerprint density at radius 2 is 2.16 bits per heavy atom. The van der Waals surface area contributed by atoms with Crippen molar-refractivity contribution in [2.45, 2.75) is 58.5 Å². The molecule has 1 saturated carbocycles. The maximum absolute atomic E-state index is 12.4. The molecule has 0 unspecified atom stereocenters. The Morgan fingerprint density at radius 1 is 1.40 bits per heavy atom. The van der Waals surface area contributed by atoms with Gasteiger partial charge in [-0.3, -0.25) is 4.79 Å². The van der Waals surface area contributed by atoms with Crippen LogP contribution in [-0.4, -0.2) is 58.9 Å². The number of guanidine groups is 1. The van der Waals surface area contributed by atoms with E-state index in [4.69, 9.17) is 9.98 Å². The van der Waals surface area contributed by atoms with Gasteiger partial charge in [-0.25, -0.2) is 9.98 Å². The van der Waals surface area contributed by atoms with E-state index in [0.717, 1.165) is 36.3 Å². The van der Waals surface area contributed by atoms with Crippen molar-refractivity contribution < 1.29 is 4.79 Å². The molecule has 0 atom stereocenters. The molecule has 2 heterocycles. The number of thiazole rings is 1. The maximum atomic E-state index is 12.4. The quantitative estimate of drug-likeness (QED) is 0.658. The van der Waals surface area contributed by atoms with E-state index in [2.05, 4.69) is 43.3 Å². The number of hydrogen-bond acceptors (Lipinski definition) is 4. The van der Waals surface area contributed by atoms with Crippen LogP contribution >= 0.6 is 11.3 Å². The Hall–Kier alpha value is -1.63. The Balaban J connectivity index is 1.65. The standard InChI is InChI=1S/C18H29N5OS/c1-5-19-17(20-10-15-21-14(12-25-15)18(2,3)4)22-8-9-23(13-6-7-13)16(24)11-22/h12-13H,5-11H2,1-4H3,(H,19,20). The van der Waals surface area contributed by atoms with Crippen LogP contribution in [0.5, 0.6) is 0 Å². The first-order chi connectivity index (χ1) is 11.9. The van der Waals surface area contributed by atoms with Crippen LogP contribution in [0.15, 0.2) is 10.4 Å². The summed E-state index contributed by atoms with van der Waals surface area (Å²) in [4.78, 5) is 25.9. The summed E-state index contributed by atoms with van der Waals surface area (Å²) in [5.74, 6) is 1.04. The van der Waals surface area contributed by atoms with Crippen LogP contribution in [0.4, 0.5) is 0 Å². The zero-order valence-corrected chi connectivity index (χ0v) is 16.5. The Morgan fingerprint density at radius 3 is 2.72 bits per heavy atom. The summed E-state index contributed by atoms with van der Waals surface area (Å²) in [5, 5.41) is 6.46. The van der Waals surface area contributed by atoms with E-state index in [9.17, 15) is 4.79 Å². The van der Waals surface area contributed by atoms with Gasteiger partial charge in [-0.1, -0.05) is 20.8 Å². The first-order valence-corrected chi connectivity index (χ1v) is 10.0. The lowest BCUT2D eigenvalue weighted by atomic mass is 9.93. The van der Waals surface area contributed by atoms with Gasteiger partial charge in [0.05, 0.1) is 18.8 Å². The number of nitrogens with one attached hydrogen (secondary N) is 1. The fourth-order valence-electron chi connectivity index (χ4n) is 2.94. The first kappa shape index (κ1) is 18.2. The molecule has 2 fully saturated rings. The molecule has 138 valence electrons. The predicted octanol–water partition coefficient (Wildman–Crippen LogP) is 2.21. The number of aliphatic imine (C=N–C) groups is 1. The zero-order valence-electron chi connectivity index (χ0n) is 15.7. The van der Waals surface area contributed by atoms with Gasteiger partial charge in [-0.05, 0) is 19.8 Å². The lowest BCUT2D eigenvalue weighted by Gasteiger charge is -2.36. The summed E-state index contributed by atoms with van der Waals surface area (Å²) in [7, 11) is 0. The van der Waals surface area contributed by atoms with Crippen LogP contribution < -0.4 is 5.32 Å². The molecule has 0 spiro atoms. The lowest BCUT2D eigenvalue weighted by Crippen LogP contribution is -2.55. The molecule has 7 heteroatoms.